The lowest BCUT2D eigenvalue weighted by Gasteiger charge is -2.35. The number of hydrogen-bond donors (Lipinski definition) is 0. The summed E-state index contributed by atoms with van der Waals surface area (Å²) >= 11 is 0. The number of piperazine rings is 1. The van der Waals surface area contributed by atoms with Crippen molar-refractivity contribution in [2.24, 2.45) is 7.05 Å². The molecule has 0 bridgehead atoms. The van der Waals surface area contributed by atoms with E-state index in [1.807, 2.05) is 44.4 Å². The van der Waals surface area contributed by atoms with Crippen LogP contribution in [0, 0.1) is 11.3 Å². The number of aromatic nitrogens is 6. The molecule has 0 atom stereocenters. The monoisotopic (exact) mass is 498 g/mol. The summed E-state index contributed by atoms with van der Waals surface area (Å²) in [7, 11) is 5.90. The number of carbonyl (C=O) groups is 1. The second-order valence-corrected chi connectivity index (χ2v) is 9.52. The van der Waals surface area contributed by atoms with Crippen LogP contribution in [-0.2, 0) is 11.8 Å². The molecule has 5 rings (SSSR count). The second kappa shape index (κ2) is 10.4. The van der Waals surface area contributed by atoms with E-state index in [-0.39, 0.29) is 5.91 Å². The molecule has 0 unspecified atom stereocenters. The molecule has 0 N–H and O–H groups in total. The molecular weight excluding hydrogens is 468 g/mol. The molecule has 0 spiro atoms. The maximum Gasteiger partial charge on any atom is 0.222 e. The van der Waals surface area contributed by atoms with Crippen LogP contribution in [0.3, 0.4) is 0 Å². The number of carbonyl (C=O) groups excluding carboxylic acids is 1. The molecule has 0 saturated carbocycles. The van der Waals surface area contributed by atoms with Crippen LogP contribution < -0.4 is 4.90 Å². The molecule has 11 nitrogen and oxygen atoms in total. The van der Waals surface area contributed by atoms with Crippen LogP contribution in [-0.4, -0.2) is 91.9 Å². The molecule has 37 heavy (non-hydrogen) atoms. The van der Waals surface area contributed by atoms with Crippen LogP contribution in [0.15, 0.2) is 43.1 Å². The van der Waals surface area contributed by atoms with Crippen molar-refractivity contribution in [3.05, 3.63) is 48.7 Å². The molecule has 1 amide bonds. The van der Waals surface area contributed by atoms with Crippen LogP contribution in [0.25, 0.3) is 28.0 Å². The van der Waals surface area contributed by atoms with Gasteiger partial charge in [0.05, 0.1) is 30.0 Å². The highest BCUT2D eigenvalue weighted by atomic mass is 16.2. The Morgan fingerprint density at radius 3 is 2.51 bits per heavy atom. The highest BCUT2D eigenvalue weighted by molar-refractivity contribution is 5.83. The minimum Gasteiger partial charge on any atom is -0.353 e. The number of nitrogens with zero attached hydrogens (tertiary/aromatic N) is 10. The predicted molar refractivity (Wildman–Crippen MR) is 140 cm³/mol. The van der Waals surface area contributed by atoms with Crippen molar-refractivity contribution in [1.82, 2.24) is 39.2 Å². The molecular formula is C26H30N10O. The molecule has 1 aliphatic heterocycles. The molecule has 190 valence electrons. The van der Waals surface area contributed by atoms with Crippen molar-refractivity contribution >= 4 is 17.2 Å². The quantitative estimate of drug-likeness (QED) is 0.381. The second-order valence-electron chi connectivity index (χ2n) is 9.52. The lowest BCUT2D eigenvalue weighted by Crippen LogP contribution is -2.49. The Kier molecular flexibility index (Phi) is 6.83. The first-order valence-electron chi connectivity index (χ1n) is 12.3. The number of nitriles is 1. The zero-order chi connectivity index (χ0) is 25.9. The van der Waals surface area contributed by atoms with Gasteiger partial charge in [0, 0.05) is 63.2 Å². The Balaban J connectivity index is 1.34. The zero-order valence-electron chi connectivity index (χ0n) is 21.4. The molecule has 4 aromatic rings. The van der Waals surface area contributed by atoms with Crippen molar-refractivity contribution in [1.29, 1.82) is 5.26 Å². The average Bonchev–Trinajstić information content (AvgIpc) is 3.54. The fraction of sp³-hybridized carbons (Fsp3) is 0.385. The van der Waals surface area contributed by atoms with E-state index < -0.39 is 0 Å². The van der Waals surface area contributed by atoms with Gasteiger partial charge in [0.2, 0.25) is 5.91 Å². The Bertz CT molecular complexity index is 1440. The zero-order valence-corrected chi connectivity index (χ0v) is 21.4. The normalized spacial score (nSPS) is 13.9. The maximum absolute atomic E-state index is 12.5. The van der Waals surface area contributed by atoms with E-state index in [1.54, 1.807) is 34.0 Å². The first-order valence-corrected chi connectivity index (χ1v) is 12.3. The van der Waals surface area contributed by atoms with E-state index in [4.69, 9.17) is 9.97 Å². The van der Waals surface area contributed by atoms with E-state index in [2.05, 4.69) is 26.1 Å². The van der Waals surface area contributed by atoms with Gasteiger partial charge in [-0.05, 0) is 39.2 Å². The highest BCUT2D eigenvalue weighted by Crippen LogP contribution is 2.29. The lowest BCUT2D eigenvalue weighted by atomic mass is 10.1. The van der Waals surface area contributed by atoms with Gasteiger partial charge in [-0.3, -0.25) is 9.48 Å². The van der Waals surface area contributed by atoms with Gasteiger partial charge in [0.15, 0.2) is 0 Å². The molecule has 1 aliphatic rings. The summed E-state index contributed by atoms with van der Waals surface area (Å²) in [6.45, 7) is 3.79. The van der Waals surface area contributed by atoms with Crippen LogP contribution in [0.2, 0.25) is 0 Å². The van der Waals surface area contributed by atoms with Crippen molar-refractivity contribution in [2.75, 3.05) is 51.7 Å². The van der Waals surface area contributed by atoms with Crippen LogP contribution >= 0.6 is 0 Å². The van der Waals surface area contributed by atoms with Gasteiger partial charge in [0.1, 0.15) is 23.0 Å². The Morgan fingerprint density at radius 1 is 1.05 bits per heavy atom. The number of anilines is 1. The first-order chi connectivity index (χ1) is 17.9. The van der Waals surface area contributed by atoms with Crippen LogP contribution in [0.4, 0.5) is 5.82 Å². The van der Waals surface area contributed by atoms with Crippen molar-refractivity contribution in [3.8, 4) is 28.6 Å². The average molecular weight is 499 g/mol. The third-order valence-electron chi connectivity index (χ3n) is 6.59. The standard InChI is InChI=1S/C26H30N10O/c1-32(2)8-4-5-24(37)35-11-9-34(10-12-35)23-7-6-19(14-28-23)25-26-20(13-27)15-30-36(26)18-22(31-25)21-16-29-33(3)17-21/h6-7,14-18H,4-5,8-12H2,1-3H3. The minimum atomic E-state index is 0.225. The summed E-state index contributed by atoms with van der Waals surface area (Å²) in [6.07, 6.45) is 10.3. The summed E-state index contributed by atoms with van der Waals surface area (Å²) in [5.74, 6) is 1.08. The summed E-state index contributed by atoms with van der Waals surface area (Å²) in [5.41, 5.74) is 4.10. The highest BCUT2D eigenvalue weighted by Gasteiger charge is 2.22. The lowest BCUT2D eigenvalue weighted by molar-refractivity contribution is -0.131. The number of amides is 1. The number of aryl methyl sites for hydroxylation is 1. The summed E-state index contributed by atoms with van der Waals surface area (Å²) in [5, 5.41) is 18.3. The van der Waals surface area contributed by atoms with Gasteiger partial charge in [-0.1, -0.05) is 0 Å². The van der Waals surface area contributed by atoms with Crippen molar-refractivity contribution in [2.45, 2.75) is 12.8 Å². The fourth-order valence-corrected chi connectivity index (χ4v) is 4.59. The van der Waals surface area contributed by atoms with E-state index in [0.717, 1.165) is 43.0 Å². The summed E-state index contributed by atoms with van der Waals surface area (Å²) < 4.78 is 3.41. The van der Waals surface area contributed by atoms with E-state index in [9.17, 15) is 10.1 Å². The maximum atomic E-state index is 12.5. The van der Waals surface area contributed by atoms with Gasteiger partial charge in [-0.25, -0.2) is 14.5 Å². The van der Waals surface area contributed by atoms with Gasteiger partial charge in [0.25, 0.3) is 0 Å². The molecule has 0 radical (unpaired) electrons. The largest absolute Gasteiger partial charge is 0.353 e. The Morgan fingerprint density at radius 2 is 1.86 bits per heavy atom. The summed E-state index contributed by atoms with van der Waals surface area (Å²) in [6, 6.07) is 6.17. The predicted octanol–water partition coefficient (Wildman–Crippen LogP) is 2.05. The number of rotatable bonds is 7. The molecule has 0 aliphatic carbocycles. The third kappa shape index (κ3) is 5.15. The SMILES string of the molecule is CN(C)CCCC(=O)N1CCN(c2ccc(-c3nc(-c4cnn(C)c4)cn4ncc(C#N)c34)cn2)CC1. The number of hydrogen-bond acceptors (Lipinski definition) is 8. The van der Waals surface area contributed by atoms with Gasteiger partial charge in [-0.2, -0.15) is 15.5 Å². The molecule has 0 aromatic carbocycles. The van der Waals surface area contributed by atoms with Gasteiger partial charge in [-0.15, -0.1) is 0 Å². The Labute approximate surface area is 215 Å². The third-order valence-corrected chi connectivity index (χ3v) is 6.59. The van der Waals surface area contributed by atoms with E-state index in [1.165, 1.54) is 0 Å². The van der Waals surface area contributed by atoms with Crippen molar-refractivity contribution in [3.63, 3.8) is 0 Å². The van der Waals surface area contributed by atoms with Crippen LogP contribution in [0.5, 0.6) is 0 Å². The van der Waals surface area contributed by atoms with Gasteiger partial charge >= 0.3 is 0 Å². The van der Waals surface area contributed by atoms with Crippen molar-refractivity contribution < 1.29 is 4.79 Å². The number of fused-ring (bicyclic) bond motifs is 1. The minimum absolute atomic E-state index is 0.225. The van der Waals surface area contributed by atoms with Crippen LogP contribution in [0.1, 0.15) is 18.4 Å². The molecule has 1 saturated heterocycles. The fourth-order valence-electron chi connectivity index (χ4n) is 4.59. The molecule has 11 heteroatoms. The Hall–Kier alpha value is -4.30. The molecule has 1 fully saturated rings. The number of pyridine rings is 1. The summed E-state index contributed by atoms with van der Waals surface area (Å²) in [4.78, 5) is 28.4. The first kappa shape index (κ1) is 24.4. The van der Waals surface area contributed by atoms with E-state index >= 15 is 0 Å². The topological polar surface area (TPSA) is 111 Å². The van der Waals surface area contributed by atoms with E-state index in [0.29, 0.717) is 42.0 Å². The smallest absolute Gasteiger partial charge is 0.222 e. The molecule has 5 heterocycles. The van der Waals surface area contributed by atoms with Gasteiger partial charge < -0.3 is 14.7 Å². The molecule has 4 aromatic heterocycles.